The lowest BCUT2D eigenvalue weighted by molar-refractivity contribution is -0.135. The van der Waals surface area contributed by atoms with Gasteiger partial charge in [-0.15, -0.1) is 0 Å². The molecule has 31 heavy (non-hydrogen) atoms. The second kappa shape index (κ2) is 10.0. The van der Waals surface area contributed by atoms with Crippen LogP contribution in [0.4, 0.5) is 10.1 Å². The monoisotopic (exact) mass is 442 g/mol. The van der Waals surface area contributed by atoms with Crippen LogP contribution in [0.5, 0.6) is 0 Å². The molecule has 0 saturated carbocycles. The quantitative estimate of drug-likeness (QED) is 0.499. The lowest BCUT2D eigenvalue weighted by Crippen LogP contribution is -2.28. The van der Waals surface area contributed by atoms with Gasteiger partial charge in [-0.05, 0) is 60.6 Å². The molecule has 0 aromatic heterocycles. The number of aliphatic imine (C=N–C) groups is 1. The zero-order valence-corrected chi connectivity index (χ0v) is 17.6. The summed E-state index contributed by atoms with van der Waals surface area (Å²) in [6, 6.07) is 12.2. The van der Waals surface area contributed by atoms with Gasteiger partial charge >= 0.3 is 11.9 Å². The van der Waals surface area contributed by atoms with E-state index in [0.717, 1.165) is 17.8 Å². The first-order valence-electron chi connectivity index (χ1n) is 9.31. The van der Waals surface area contributed by atoms with Gasteiger partial charge in [-0.1, -0.05) is 12.1 Å². The fourth-order valence-corrected chi connectivity index (χ4v) is 3.62. The zero-order chi connectivity index (χ0) is 22.4. The largest absolute Gasteiger partial charge is 0.466 e. The van der Waals surface area contributed by atoms with Crippen LogP contribution in [0.15, 0.2) is 64.5 Å². The normalized spacial score (nSPS) is 16.1. The number of carbonyl (C=O) groups is 3. The van der Waals surface area contributed by atoms with Crippen LogP contribution < -0.4 is 0 Å². The molecule has 0 radical (unpaired) electrons. The lowest BCUT2D eigenvalue weighted by atomic mass is 10.2. The Labute approximate surface area is 182 Å². The Morgan fingerprint density at radius 3 is 2.42 bits per heavy atom. The van der Waals surface area contributed by atoms with Crippen molar-refractivity contribution in [1.82, 2.24) is 4.90 Å². The van der Waals surface area contributed by atoms with E-state index in [1.165, 1.54) is 24.1 Å². The number of benzene rings is 2. The Bertz CT molecular complexity index is 1050. The van der Waals surface area contributed by atoms with E-state index in [0.29, 0.717) is 22.0 Å². The maximum Gasteiger partial charge on any atom is 0.338 e. The van der Waals surface area contributed by atoms with Crippen LogP contribution in [0.2, 0.25) is 0 Å². The van der Waals surface area contributed by atoms with Crippen molar-refractivity contribution in [2.45, 2.75) is 13.5 Å². The van der Waals surface area contributed by atoms with Crippen molar-refractivity contribution in [1.29, 1.82) is 0 Å². The number of methoxy groups -OCH3 is 1. The zero-order valence-electron chi connectivity index (χ0n) is 16.8. The second-order valence-electron chi connectivity index (χ2n) is 6.31. The topological polar surface area (TPSA) is 85.3 Å². The van der Waals surface area contributed by atoms with E-state index in [1.807, 2.05) is 0 Å². The fraction of sp³-hybridized carbons (Fsp3) is 0.182. The number of hydrogen-bond donors (Lipinski definition) is 0. The number of rotatable bonds is 6. The van der Waals surface area contributed by atoms with Gasteiger partial charge in [0.2, 0.25) is 0 Å². The number of nitrogens with zero attached hydrogens (tertiary/aromatic N) is 2. The molecule has 1 heterocycles. The summed E-state index contributed by atoms with van der Waals surface area (Å²) in [6.07, 6.45) is 1.11. The van der Waals surface area contributed by atoms with E-state index in [4.69, 9.17) is 4.74 Å². The first-order chi connectivity index (χ1) is 14.9. The number of thioether (sulfide) groups is 1. The molecule has 0 bridgehead atoms. The second-order valence-corrected chi connectivity index (χ2v) is 7.32. The third-order valence-corrected chi connectivity index (χ3v) is 5.20. The van der Waals surface area contributed by atoms with Gasteiger partial charge in [-0.25, -0.2) is 19.0 Å². The Balaban J connectivity index is 1.91. The van der Waals surface area contributed by atoms with E-state index in [9.17, 15) is 18.8 Å². The van der Waals surface area contributed by atoms with Gasteiger partial charge in [0.15, 0.2) is 5.17 Å². The van der Waals surface area contributed by atoms with E-state index < -0.39 is 17.8 Å². The van der Waals surface area contributed by atoms with Crippen LogP contribution in [0.3, 0.4) is 0 Å². The number of esters is 2. The number of carbonyl (C=O) groups excluding carboxylic acids is 3. The third-order valence-electron chi connectivity index (χ3n) is 4.20. The van der Waals surface area contributed by atoms with E-state index in [-0.39, 0.29) is 23.9 Å². The van der Waals surface area contributed by atoms with Crippen LogP contribution in [0.25, 0.3) is 0 Å². The first-order valence-corrected chi connectivity index (χ1v) is 10.1. The highest BCUT2D eigenvalue weighted by molar-refractivity contribution is 8.18. The molecule has 160 valence electrons. The SMILES string of the molecule is CCOC(=O)c1ccc(N=C2S/C(=C/C(=O)OC)C(=O)N2Cc2ccc(F)cc2)cc1. The predicted molar refractivity (Wildman–Crippen MR) is 114 cm³/mol. The Hall–Kier alpha value is -3.46. The molecule has 1 aliphatic rings. The smallest absolute Gasteiger partial charge is 0.338 e. The fourth-order valence-electron chi connectivity index (χ4n) is 2.67. The highest BCUT2D eigenvalue weighted by Gasteiger charge is 2.34. The Morgan fingerprint density at radius 2 is 1.81 bits per heavy atom. The van der Waals surface area contributed by atoms with Crippen molar-refractivity contribution in [3.8, 4) is 0 Å². The summed E-state index contributed by atoms with van der Waals surface area (Å²) in [4.78, 5) is 42.3. The summed E-state index contributed by atoms with van der Waals surface area (Å²) >= 11 is 1.03. The van der Waals surface area contributed by atoms with Crippen LogP contribution in [0, 0.1) is 5.82 Å². The molecule has 0 spiro atoms. The molecule has 2 aromatic rings. The van der Waals surface area contributed by atoms with Gasteiger partial charge in [-0.3, -0.25) is 9.69 Å². The van der Waals surface area contributed by atoms with Crippen molar-refractivity contribution in [2.75, 3.05) is 13.7 Å². The summed E-state index contributed by atoms with van der Waals surface area (Å²) in [5.74, 6) is -1.89. The van der Waals surface area contributed by atoms with Crippen LogP contribution in [0.1, 0.15) is 22.8 Å². The minimum absolute atomic E-state index is 0.143. The number of halogens is 1. The molecular weight excluding hydrogens is 423 g/mol. The summed E-state index contributed by atoms with van der Waals surface area (Å²) in [6.45, 7) is 2.14. The summed E-state index contributed by atoms with van der Waals surface area (Å²) in [5.41, 5.74) is 1.59. The molecular formula is C22H19FN2O5S. The van der Waals surface area contributed by atoms with E-state index in [1.54, 1.807) is 43.3 Å². The van der Waals surface area contributed by atoms with Crippen molar-refractivity contribution >= 4 is 40.5 Å². The van der Waals surface area contributed by atoms with Gasteiger partial charge in [0, 0.05) is 6.08 Å². The van der Waals surface area contributed by atoms with E-state index >= 15 is 0 Å². The third kappa shape index (κ3) is 5.58. The molecule has 0 N–H and O–H groups in total. The predicted octanol–water partition coefficient (Wildman–Crippen LogP) is 3.82. The van der Waals surface area contributed by atoms with Crippen molar-refractivity contribution in [3.63, 3.8) is 0 Å². The number of amidine groups is 1. The summed E-state index contributed by atoms with van der Waals surface area (Å²) in [7, 11) is 1.22. The van der Waals surface area contributed by atoms with Crippen molar-refractivity contribution in [3.05, 3.63) is 76.5 Å². The molecule has 0 aliphatic carbocycles. The molecule has 1 amide bonds. The Morgan fingerprint density at radius 1 is 1.13 bits per heavy atom. The van der Waals surface area contributed by atoms with Gasteiger partial charge < -0.3 is 9.47 Å². The molecule has 1 fully saturated rings. The summed E-state index contributed by atoms with van der Waals surface area (Å²) in [5, 5.41) is 0.341. The minimum atomic E-state index is -0.655. The van der Waals surface area contributed by atoms with Gasteiger partial charge in [-0.2, -0.15) is 0 Å². The number of hydrogen-bond acceptors (Lipinski definition) is 7. The van der Waals surface area contributed by atoms with Crippen LogP contribution in [-0.4, -0.2) is 41.6 Å². The lowest BCUT2D eigenvalue weighted by Gasteiger charge is -2.15. The average molecular weight is 442 g/mol. The molecule has 1 aliphatic heterocycles. The molecule has 0 atom stereocenters. The Kier molecular flexibility index (Phi) is 7.19. The molecule has 3 rings (SSSR count). The molecule has 2 aromatic carbocycles. The van der Waals surface area contributed by atoms with E-state index in [2.05, 4.69) is 9.73 Å². The standard InChI is InChI=1S/C22H19FN2O5S/c1-3-30-21(28)15-6-10-17(11-7-15)24-22-25(13-14-4-8-16(23)9-5-14)20(27)18(31-22)12-19(26)29-2/h4-12H,3,13H2,1-2H3/b18-12+,24-22?. The maximum atomic E-state index is 13.2. The molecule has 0 unspecified atom stereocenters. The minimum Gasteiger partial charge on any atom is -0.466 e. The van der Waals surface area contributed by atoms with Crippen molar-refractivity contribution in [2.24, 2.45) is 4.99 Å². The first kappa shape index (κ1) is 22.2. The maximum absolute atomic E-state index is 13.2. The van der Waals surface area contributed by atoms with Gasteiger partial charge in [0.25, 0.3) is 5.91 Å². The van der Waals surface area contributed by atoms with Crippen LogP contribution >= 0.6 is 11.8 Å². The summed E-state index contributed by atoms with van der Waals surface area (Å²) < 4.78 is 22.8. The number of amides is 1. The average Bonchev–Trinajstić information content (AvgIpc) is 3.04. The highest BCUT2D eigenvalue weighted by Crippen LogP contribution is 2.34. The molecule has 1 saturated heterocycles. The molecule has 9 heteroatoms. The van der Waals surface area contributed by atoms with Gasteiger partial charge in [0.1, 0.15) is 5.82 Å². The van der Waals surface area contributed by atoms with Crippen molar-refractivity contribution < 1.29 is 28.2 Å². The number of ether oxygens (including phenoxy) is 2. The highest BCUT2D eigenvalue weighted by atomic mass is 32.2. The van der Waals surface area contributed by atoms with Crippen LogP contribution in [-0.2, 0) is 25.6 Å². The van der Waals surface area contributed by atoms with Gasteiger partial charge in [0.05, 0.1) is 36.4 Å². The molecule has 7 nitrogen and oxygen atoms in total.